The first-order valence-electron chi connectivity index (χ1n) is 9.40. The zero-order chi connectivity index (χ0) is 14.5. The molecule has 1 aliphatic carbocycles. The molecule has 3 heteroatoms. The Morgan fingerprint density at radius 3 is 2.57 bits per heavy atom. The Kier molecular flexibility index (Phi) is 5.58. The molecule has 2 aliphatic heterocycles. The molecule has 3 aliphatic rings. The van der Waals surface area contributed by atoms with Crippen LogP contribution in [0.25, 0.3) is 0 Å². The second kappa shape index (κ2) is 7.43. The standard InChI is InChI=1S/C18H34N2O/c1-2-20(15-16-6-11-19-12-7-16)17-8-13-21-18(14-17)9-4-3-5-10-18/h16-17,19H,2-15H2,1H3. The fourth-order valence-electron chi connectivity index (χ4n) is 4.79. The smallest absolute Gasteiger partial charge is 0.0697 e. The third-order valence-corrected chi connectivity index (χ3v) is 6.11. The molecule has 3 fully saturated rings. The number of nitrogens with one attached hydrogen (secondary N) is 1. The van der Waals surface area contributed by atoms with Gasteiger partial charge in [0.25, 0.3) is 0 Å². The van der Waals surface area contributed by atoms with Crippen LogP contribution in [0.2, 0.25) is 0 Å². The summed E-state index contributed by atoms with van der Waals surface area (Å²) in [6.07, 6.45) is 12.1. The third-order valence-electron chi connectivity index (χ3n) is 6.11. The SMILES string of the molecule is CCN(CC1CCNCC1)C1CCOC2(CCCCC2)C1. The molecule has 0 radical (unpaired) electrons. The molecule has 0 aromatic carbocycles. The lowest BCUT2D eigenvalue weighted by molar-refractivity contribution is -0.125. The summed E-state index contributed by atoms with van der Waals surface area (Å²) in [5.74, 6) is 0.913. The molecule has 0 bridgehead atoms. The molecule has 0 aromatic heterocycles. The van der Waals surface area contributed by atoms with E-state index in [0.717, 1.165) is 18.6 Å². The summed E-state index contributed by atoms with van der Waals surface area (Å²) in [5, 5.41) is 3.49. The maximum absolute atomic E-state index is 6.28. The summed E-state index contributed by atoms with van der Waals surface area (Å²) in [5.41, 5.74) is 0.253. The average molecular weight is 294 g/mol. The number of rotatable bonds is 4. The molecular weight excluding hydrogens is 260 g/mol. The van der Waals surface area contributed by atoms with Crippen LogP contribution in [-0.4, -0.2) is 49.3 Å². The molecule has 2 heterocycles. The molecule has 2 saturated heterocycles. The number of hydrogen-bond acceptors (Lipinski definition) is 3. The number of piperidine rings is 1. The summed E-state index contributed by atoms with van der Waals surface area (Å²) < 4.78 is 6.28. The van der Waals surface area contributed by atoms with Gasteiger partial charge in [0.05, 0.1) is 5.60 Å². The zero-order valence-electron chi connectivity index (χ0n) is 13.9. The van der Waals surface area contributed by atoms with Crippen LogP contribution in [0.4, 0.5) is 0 Å². The van der Waals surface area contributed by atoms with Crippen LogP contribution in [-0.2, 0) is 4.74 Å². The first-order chi connectivity index (χ1) is 10.3. The van der Waals surface area contributed by atoms with Crippen molar-refractivity contribution in [2.45, 2.75) is 76.4 Å². The molecular formula is C18H34N2O. The molecule has 0 amide bonds. The van der Waals surface area contributed by atoms with Gasteiger partial charge in [0.2, 0.25) is 0 Å². The summed E-state index contributed by atoms with van der Waals surface area (Å²) in [7, 11) is 0. The first-order valence-corrected chi connectivity index (χ1v) is 9.40. The topological polar surface area (TPSA) is 24.5 Å². The molecule has 1 N–H and O–H groups in total. The van der Waals surface area contributed by atoms with Gasteiger partial charge in [-0.15, -0.1) is 0 Å². The summed E-state index contributed by atoms with van der Waals surface area (Å²) in [6.45, 7) is 8.32. The highest BCUT2D eigenvalue weighted by Crippen LogP contribution is 2.40. The quantitative estimate of drug-likeness (QED) is 0.862. The molecule has 1 unspecified atom stereocenters. The Bertz CT molecular complexity index is 303. The molecule has 1 atom stereocenters. The van der Waals surface area contributed by atoms with E-state index in [4.69, 9.17) is 4.74 Å². The molecule has 21 heavy (non-hydrogen) atoms. The third kappa shape index (κ3) is 4.00. The van der Waals surface area contributed by atoms with Crippen molar-refractivity contribution in [1.82, 2.24) is 10.2 Å². The number of nitrogens with zero attached hydrogens (tertiary/aromatic N) is 1. The van der Waals surface area contributed by atoms with Gasteiger partial charge >= 0.3 is 0 Å². The van der Waals surface area contributed by atoms with Gasteiger partial charge in [0.15, 0.2) is 0 Å². The van der Waals surface area contributed by atoms with E-state index in [1.807, 2.05) is 0 Å². The molecule has 1 saturated carbocycles. The van der Waals surface area contributed by atoms with Crippen molar-refractivity contribution in [2.24, 2.45) is 5.92 Å². The van der Waals surface area contributed by atoms with Crippen molar-refractivity contribution < 1.29 is 4.74 Å². The lowest BCUT2D eigenvalue weighted by Crippen LogP contribution is -2.51. The summed E-state index contributed by atoms with van der Waals surface area (Å²) in [6, 6.07) is 0.775. The monoisotopic (exact) mass is 294 g/mol. The summed E-state index contributed by atoms with van der Waals surface area (Å²) in [4.78, 5) is 2.79. The van der Waals surface area contributed by atoms with Gasteiger partial charge in [-0.25, -0.2) is 0 Å². The number of ether oxygens (including phenoxy) is 1. The van der Waals surface area contributed by atoms with Crippen molar-refractivity contribution in [3.8, 4) is 0 Å². The Morgan fingerprint density at radius 1 is 1.10 bits per heavy atom. The Hall–Kier alpha value is -0.120. The van der Waals surface area contributed by atoms with E-state index >= 15 is 0 Å². The fraction of sp³-hybridized carbons (Fsp3) is 1.00. The highest BCUT2D eigenvalue weighted by Gasteiger charge is 2.40. The normalized spacial score (nSPS) is 30.9. The van der Waals surface area contributed by atoms with Crippen molar-refractivity contribution in [1.29, 1.82) is 0 Å². The van der Waals surface area contributed by atoms with Crippen molar-refractivity contribution in [2.75, 3.05) is 32.8 Å². The highest BCUT2D eigenvalue weighted by molar-refractivity contribution is 4.93. The average Bonchev–Trinajstić information content (AvgIpc) is 2.54. The van der Waals surface area contributed by atoms with Gasteiger partial charge in [-0.2, -0.15) is 0 Å². The lowest BCUT2D eigenvalue weighted by atomic mass is 9.77. The van der Waals surface area contributed by atoms with Crippen LogP contribution < -0.4 is 5.32 Å². The molecule has 0 aromatic rings. The Labute approximate surface area is 130 Å². The van der Waals surface area contributed by atoms with Gasteiger partial charge in [0, 0.05) is 19.2 Å². The largest absolute Gasteiger partial charge is 0.375 e. The predicted molar refractivity (Wildman–Crippen MR) is 87.6 cm³/mol. The minimum atomic E-state index is 0.253. The van der Waals surface area contributed by atoms with Gasteiger partial charge in [0.1, 0.15) is 0 Å². The first kappa shape index (κ1) is 15.8. The zero-order valence-corrected chi connectivity index (χ0v) is 13.9. The second-order valence-corrected chi connectivity index (χ2v) is 7.52. The van der Waals surface area contributed by atoms with Gasteiger partial charge in [-0.05, 0) is 64.1 Å². The molecule has 122 valence electrons. The second-order valence-electron chi connectivity index (χ2n) is 7.52. The fourth-order valence-corrected chi connectivity index (χ4v) is 4.79. The van der Waals surface area contributed by atoms with Gasteiger partial charge in [-0.3, -0.25) is 0 Å². The van der Waals surface area contributed by atoms with E-state index < -0.39 is 0 Å². The Morgan fingerprint density at radius 2 is 1.86 bits per heavy atom. The lowest BCUT2D eigenvalue weighted by Gasteiger charge is -2.47. The van der Waals surface area contributed by atoms with E-state index in [1.165, 1.54) is 84.0 Å². The van der Waals surface area contributed by atoms with Crippen molar-refractivity contribution >= 4 is 0 Å². The van der Waals surface area contributed by atoms with E-state index in [0.29, 0.717) is 0 Å². The number of hydrogen-bond donors (Lipinski definition) is 1. The van der Waals surface area contributed by atoms with Crippen LogP contribution in [0.3, 0.4) is 0 Å². The van der Waals surface area contributed by atoms with Crippen LogP contribution in [0, 0.1) is 5.92 Å². The van der Waals surface area contributed by atoms with Crippen molar-refractivity contribution in [3.05, 3.63) is 0 Å². The minimum absolute atomic E-state index is 0.253. The maximum Gasteiger partial charge on any atom is 0.0697 e. The van der Waals surface area contributed by atoms with E-state index in [1.54, 1.807) is 0 Å². The minimum Gasteiger partial charge on any atom is -0.375 e. The van der Waals surface area contributed by atoms with E-state index in [-0.39, 0.29) is 5.60 Å². The van der Waals surface area contributed by atoms with E-state index in [2.05, 4.69) is 17.1 Å². The maximum atomic E-state index is 6.28. The van der Waals surface area contributed by atoms with Crippen LogP contribution in [0.15, 0.2) is 0 Å². The van der Waals surface area contributed by atoms with Crippen LogP contribution >= 0.6 is 0 Å². The summed E-state index contributed by atoms with van der Waals surface area (Å²) >= 11 is 0. The van der Waals surface area contributed by atoms with Gasteiger partial charge in [-0.1, -0.05) is 26.2 Å². The Balaban J connectivity index is 1.57. The van der Waals surface area contributed by atoms with Gasteiger partial charge < -0.3 is 15.0 Å². The highest BCUT2D eigenvalue weighted by atomic mass is 16.5. The van der Waals surface area contributed by atoms with Crippen molar-refractivity contribution in [3.63, 3.8) is 0 Å². The van der Waals surface area contributed by atoms with Crippen LogP contribution in [0.1, 0.15) is 64.7 Å². The molecule has 3 rings (SSSR count). The molecule has 1 spiro atoms. The molecule has 3 nitrogen and oxygen atoms in total. The van der Waals surface area contributed by atoms with E-state index in [9.17, 15) is 0 Å². The van der Waals surface area contributed by atoms with Crippen LogP contribution in [0.5, 0.6) is 0 Å². The predicted octanol–water partition coefficient (Wildman–Crippen LogP) is 3.19.